The van der Waals surface area contributed by atoms with Crippen molar-refractivity contribution in [3.8, 4) is 0 Å². The van der Waals surface area contributed by atoms with Crippen LogP contribution in [0.15, 0.2) is 30.6 Å². The lowest BCUT2D eigenvalue weighted by molar-refractivity contribution is -0.139. The van der Waals surface area contributed by atoms with E-state index in [2.05, 4.69) is 9.97 Å². The second-order valence-electron chi connectivity index (χ2n) is 6.00. The number of carboxylic acid groups (broad SMARTS) is 1. The second kappa shape index (κ2) is 4.69. The van der Waals surface area contributed by atoms with E-state index in [9.17, 15) is 9.90 Å². The van der Waals surface area contributed by atoms with Gasteiger partial charge in [0.15, 0.2) is 0 Å². The molecule has 2 heterocycles. The molecule has 3 atom stereocenters. The smallest absolute Gasteiger partial charge is 0.326 e. The van der Waals surface area contributed by atoms with Crippen molar-refractivity contribution in [3.05, 3.63) is 30.6 Å². The molecular formula is C16H17N3O2. The lowest BCUT2D eigenvalue weighted by Crippen LogP contribution is -2.40. The molecule has 2 aromatic rings. The molecule has 4 rings (SSSR count). The minimum absolute atomic E-state index is 0.260. The molecule has 2 fully saturated rings. The van der Waals surface area contributed by atoms with Crippen LogP contribution in [0, 0.1) is 11.8 Å². The molecular weight excluding hydrogens is 266 g/mol. The van der Waals surface area contributed by atoms with E-state index in [0.29, 0.717) is 5.92 Å². The fraction of sp³-hybridized carbons (Fsp3) is 0.438. The zero-order valence-electron chi connectivity index (χ0n) is 11.6. The molecule has 2 aliphatic rings. The first kappa shape index (κ1) is 12.6. The maximum absolute atomic E-state index is 11.8. The van der Waals surface area contributed by atoms with E-state index in [4.69, 9.17) is 0 Å². The van der Waals surface area contributed by atoms with Gasteiger partial charge in [0.05, 0.1) is 5.52 Å². The molecule has 0 spiro atoms. The van der Waals surface area contributed by atoms with E-state index in [1.54, 1.807) is 0 Å². The highest BCUT2D eigenvalue weighted by Gasteiger charge is 2.48. The van der Waals surface area contributed by atoms with Gasteiger partial charge in [-0.05, 0) is 36.8 Å². The van der Waals surface area contributed by atoms with Crippen LogP contribution >= 0.6 is 0 Å². The third-order valence-corrected chi connectivity index (χ3v) is 4.94. The summed E-state index contributed by atoms with van der Waals surface area (Å²) in [6.07, 6.45) is 4.83. The number of benzene rings is 1. The monoisotopic (exact) mass is 283 g/mol. The van der Waals surface area contributed by atoms with Crippen molar-refractivity contribution in [2.24, 2.45) is 11.8 Å². The van der Waals surface area contributed by atoms with Crippen LogP contribution in [0.4, 0.5) is 5.82 Å². The number of aromatic nitrogens is 2. The Bertz CT molecular complexity index is 697. The predicted molar refractivity (Wildman–Crippen MR) is 79.1 cm³/mol. The molecule has 5 nitrogen and oxygen atoms in total. The molecule has 0 bridgehead atoms. The van der Waals surface area contributed by atoms with Crippen LogP contribution in [0.2, 0.25) is 0 Å². The van der Waals surface area contributed by atoms with Gasteiger partial charge in [0.25, 0.3) is 0 Å². The number of carboxylic acids is 1. The van der Waals surface area contributed by atoms with Crippen molar-refractivity contribution < 1.29 is 9.90 Å². The van der Waals surface area contributed by atoms with Gasteiger partial charge in [-0.2, -0.15) is 0 Å². The number of fused-ring (bicyclic) bond motifs is 2. The SMILES string of the molecule is O=C(O)C1C2CCCC2CN1c1ncnc2ccccc12. The Morgan fingerprint density at radius 3 is 2.95 bits per heavy atom. The fourth-order valence-electron chi connectivity index (χ4n) is 4.06. The molecule has 3 unspecified atom stereocenters. The van der Waals surface area contributed by atoms with Gasteiger partial charge in [0.1, 0.15) is 18.2 Å². The first-order chi connectivity index (χ1) is 10.3. The first-order valence-electron chi connectivity index (χ1n) is 7.45. The topological polar surface area (TPSA) is 66.3 Å². The number of hydrogen-bond donors (Lipinski definition) is 1. The van der Waals surface area contributed by atoms with E-state index in [1.165, 1.54) is 6.33 Å². The fourth-order valence-corrected chi connectivity index (χ4v) is 4.06. The minimum Gasteiger partial charge on any atom is -0.480 e. The van der Waals surface area contributed by atoms with E-state index < -0.39 is 12.0 Å². The lowest BCUT2D eigenvalue weighted by Gasteiger charge is -2.26. The van der Waals surface area contributed by atoms with Crippen LogP contribution in [0.1, 0.15) is 19.3 Å². The summed E-state index contributed by atoms with van der Waals surface area (Å²) in [4.78, 5) is 22.4. The first-order valence-corrected chi connectivity index (χ1v) is 7.45. The Hall–Kier alpha value is -2.17. The molecule has 1 N–H and O–H groups in total. The molecule has 1 saturated heterocycles. The van der Waals surface area contributed by atoms with Gasteiger partial charge in [-0.1, -0.05) is 18.6 Å². The Kier molecular flexibility index (Phi) is 2.80. The van der Waals surface area contributed by atoms with Gasteiger partial charge in [0, 0.05) is 11.9 Å². The van der Waals surface area contributed by atoms with Crippen molar-refractivity contribution >= 4 is 22.7 Å². The predicted octanol–water partition coefficient (Wildman–Crippen LogP) is 2.32. The maximum atomic E-state index is 11.8. The third-order valence-electron chi connectivity index (χ3n) is 4.94. The summed E-state index contributed by atoms with van der Waals surface area (Å²) in [6.45, 7) is 0.794. The Balaban J connectivity index is 1.82. The maximum Gasteiger partial charge on any atom is 0.326 e. The van der Waals surface area contributed by atoms with E-state index in [0.717, 1.165) is 42.5 Å². The summed E-state index contributed by atoms with van der Waals surface area (Å²) in [5.41, 5.74) is 0.865. The van der Waals surface area contributed by atoms with E-state index in [1.807, 2.05) is 29.2 Å². The van der Waals surface area contributed by atoms with Crippen LogP contribution in [0.3, 0.4) is 0 Å². The number of aliphatic carboxylic acids is 1. The Morgan fingerprint density at radius 2 is 2.10 bits per heavy atom. The number of para-hydroxylation sites is 1. The normalized spacial score (nSPS) is 28.0. The largest absolute Gasteiger partial charge is 0.480 e. The van der Waals surface area contributed by atoms with Crippen molar-refractivity contribution in [2.75, 3.05) is 11.4 Å². The molecule has 0 radical (unpaired) electrons. The number of hydrogen-bond acceptors (Lipinski definition) is 4. The summed E-state index contributed by atoms with van der Waals surface area (Å²) >= 11 is 0. The van der Waals surface area contributed by atoms with Crippen molar-refractivity contribution in [1.82, 2.24) is 9.97 Å². The van der Waals surface area contributed by atoms with E-state index in [-0.39, 0.29) is 5.92 Å². The third kappa shape index (κ3) is 1.87. The van der Waals surface area contributed by atoms with Gasteiger partial charge >= 0.3 is 5.97 Å². The average molecular weight is 283 g/mol. The van der Waals surface area contributed by atoms with Crippen LogP contribution in [-0.4, -0.2) is 33.6 Å². The Labute approximate surface area is 122 Å². The molecule has 1 aliphatic carbocycles. The highest BCUT2D eigenvalue weighted by Crippen LogP contribution is 2.44. The number of anilines is 1. The van der Waals surface area contributed by atoms with Gasteiger partial charge in [0.2, 0.25) is 0 Å². The van der Waals surface area contributed by atoms with Crippen LogP contribution in [0.5, 0.6) is 0 Å². The quantitative estimate of drug-likeness (QED) is 0.916. The Morgan fingerprint density at radius 1 is 1.24 bits per heavy atom. The zero-order chi connectivity index (χ0) is 14.4. The molecule has 0 amide bonds. The minimum atomic E-state index is -0.730. The van der Waals surface area contributed by atoms with Gasteiger partial charge in [-0.3, -0.25) is 0 Å². The standard InChI is InChI=1S/C16H17N3O2/c20-16(21)14-11-6-3-4-10(11)8-19(14)15-12-5-1-2-7-13(12)17-9-18-15/h1-2,5,7,9-11,14H,3-4,6,8H2,(H,20,21). The van der Waals surface area contributed by atoms with Crippen molar-refractivity contribution in [2.45, 2.75) is 25.3 Å². The summed E-state index contributed by atoms with van der Waals surface area (Å²) in [6, 6.07) is 7.34. The van der Waals surface area contributed by atoms with Crippen molar-refractivity contribution in [3.63, 3.8) is 0 Å². The van der Waals surface area contributed by atoms with Gasteiger partial charge in [-0.25, -0.2) is 14.8 Å². The summed E-state index contributed by atoms with van der Waals surface area (Å²) < 4.78 is 0. The molecule has 1 saturated carbocycles. The van der Waals surface area contributed by atoms with Gasteiger partial charge in [-0.15, -0.1) is 0 Å². The summed E-state index contributed by atoms with van der Waals surface area (Å²) in [5.74, 6) is 0.783. The van der Waals surface area contributed by atoms with Crippen molar-refractivity contribution in [1.29, 1.82) is 0 Å². The molecule has 1 aliphatic heterocycles. The van der Waals surface area contributed by atoms with Gasteiger partial charge < -0.3 is 10.0 Å². The number of carbonyl (C=O) groups is 1. The summed E-state index contributed by atoms with van der Waals surface area (Å²) in [5, 5.41) is 10.6. The lowest BCUT2D eigenvalue weighted by atomic mass is 9.94. The van der Waals surface area contributed by atoms with E-state index >= 15 is 0 Å². The highest BCUT2D eigenvalue weighted by atomic mass is 16.4. The number of rotatable bonds is 2. The van der Waals surface area contributed by atoms with Crippen LogP contribution in [0.25, 0.3) is 10.9 Å². The molecule has 5 heteroatoms. The average Bonchev–Trinajstić information content (AvgIpc) is 3.06. The molecule has 1 aromatic carbocycles. The molecule has 21 heavy (non-hydrogen) atoms. The van der Waals surface area contributed by atoms with Crippen LogP contribution in [-0.2, 0) is 4.79 Å². The highest BCUT2D eigenvalue weighted by molar-refractivity contribution is 5.91. The summed E-state index contributed by atoms with van der Waals surface area (Å²) in [7, 11) is 0. The molecule has 108 valence electrons. The zero-order valence-corrected chi connectivity index (χ0v) is 11.6. The number of nitrogens with zero attached hydrogens (tertiary/aromatic N) is 3. The second-order valence-corrected chi connectivity index (χ2v) is 6.00. The van der Waals surface area contributed by atoms with Crippen LogP contribution < -0.4 is 4.90 Å². The molecule has 1 aromatic heterocycles.